The van der Waals surface area contributed by atoms with Gasteiger partial charge < -0.3 is 10.6 Å². The first-order valence-electron chi connectivity index (χ1n) is 7.81. The van der Waals surface area contributed by atoms with E-state index in [4.69, 9.17) is 11.1 Å². The van der Waals surface area contributed by atoms with Crippen LogP contribution in [0.5, 0.6) is 0 Å². The molecule has 1 saturated heterocycles. The molecular weight excluding hydrogens is 258 g/mol. The molecule has 2 aromatic rings. The van der Waals surface area contributed by atoms with E-state index < -0.39 is 0 Å². The summed E-state index contributed by atoms with van der Waals surface area (Å²) in [7, 11) is 0. The molecule has 1 heterocycles. The topological polar surface area (TPSA) is 53.1 Å². The lowest BCUT2D eigenvalue weighted by Crippen LogP contribution is -2.35. The van der Waals surface area contributed by atoms with E-state index in [-0.39, 0.29) is 5.84 Å². The Balaban J connectivity index is 2.07. The van der Waals surface area contributed by atoms with Crippen molar-refractivity contribution in [1.29, 1.82) is 5.41 Å². The van der Waals surface area contributed by atoms with Crippen molar-refractivity contribution in [3.63, 3.8) is 0 Å². The van der Waals surface area contributed by atoms with E-state index >= 15 is 0 Å². The van der Waals surface area contributed by atoms with E-state index in [9.17, 15) is 0 Å². The number of nitrogens with zero attached hydrogens (tertiary/aromatic N) is 1. The lowest BCUT2D eigenvalue weighted by atomic mass is 9.94. The van der Waals surface area contributed by atoms with Gasteiger partial charge in [-0.15, -0.1) is 0 Å². The first-order valence-corrected chi connectivity index (χ1v) is 7.81. The molecule has 110 valence electrons. The number of hydrogen-bond donors (Lipinski definition) is 2. The van der Waals surface area contributed by atoms with Crippen LogP contribution in [0.3, 0.4) is 0 Å². The van der Waals surface area contributed by atoms with Crippen molar-refractivity contribution < 1.29 is 0 Å². The predicted molar refractivity (Wildman–Crippen MR) is 90.2 cm³/mol. The molecule has 1 atom stereocenters. The third-order valence-electron chi connectivity index (χ3n) is 4.63. The summed E-state index contributed by atoms with van der Waals surface area (Å²) in [6.45, 7) is 4.55. The number of hydrogen-bond acceptors (Lipinski definition) is 2. The lowest BCUT2D eigenvalue weighted by Gasteiger charge is -2.35. The Hall–Kier alpha value is -2.03. The quantitative estimate of drug-likeness (QED) is 0.665. The Labute approximate surface area is 126 Å². The maximum Gasteiger partial charge on any atom is 0.123 e. The molecule has 0 spiro atoms. The molecule has 0 aromatic heterocycles. The minimum Gasteiger partial charge on any atom is -0.384 e. The van der Waals surface area contributed by atoms with Gasteiger partial charge in [0.1, 0.15) is 5.84 Å². The van der Waals surface area contributed by atoms with E-state index in [1.54, 1.807) is 0 Å². The number of benzene rings is 2. The highest BCUT2D eigenvalue weighted by molar-refractivity contribution is 6.10. The summed E-state index contributed by atoms with van der Waals surface area (Å²) < 4.78 is 0. The van der Waals surface area contributed by atoms with Gasteiger partial charge in [0.05, 0.1) is 0 Å². The Morgan fingerprint density at radius 1 is 1.24 bits per heavy atom. The van der Waals surface area contributed by atoms with Crippen molar-refractivity contribution in [3.8, 4) is 0 Å². The smallest absolute Gasteiger partial charge is 0.123 e. The van der Waals surface area contributed by atoms with Crippen LogP contribution in [0.1, 0.15) is 31.7 Å². The number of nitrogens with one attached hydrogen (secondary N) is 1. The number of anilines is 1. The monoisotopic (exact) mass is 281 g/mol. The molecule has 1 unspecified atom stereocenters. The standard InChI is InChI=1S/C18H23N3/c1-2-13-6-5-11-21(12-13)17-10-9-16(18(19)20)14-7-3-4-8-15(14)17/h3-4,7-10,13H,2,5-6,11-12H2,1H3,(H3,19,20). The van der Waals surface area contributed by atoms with Gasteiger partial charge in [0.25, 0.3) is 0 Å². The van der Waals surface area contributed by atoms with Crippen molar-refractivity contribution in [1.82, 2.24) is 0 Å². The molecule has 1 aliphatic rings. The minimum atomic E-state index is 0.142. The predicted octanol–water partition coefficient (Wildman–Crippen LogP) is 3.75. The normalized spacial score (nSPS) is 18.9. The second kappa shape index (κ2) is 5.76. The van der Waals surface area contributed by atoms with E-state index in [1.165, 1.54) is 30.3 Å². The second-order valence-electron chi connectivity index (χ2n) is 5.95. The van der Waals surface area contributed by atoms with Crippen LogP contribution < -0.4 is 10.6 Å². The van der Waals surface area contributed by atoms with Crippen LogP contribution >= 0.6 is 0 Å². The molecule has 3 nitrogen and oxygen atoms in total. The minimum absolute atomic E-state index is 0.142. The summed E-state index contributed by atoms with van der Waals surface area (Å²) in [4.78, 5) is 2.50. The van der Waals surface area contributed by atoms with Gasteiger partial charge in [-0.1, -0.05) is 37.6 Å². The second-order valence-corrected chi connectivity index (χ2v) is 5.95. The summed E-state index contributed by atoms with van der Waals surface area (Å²) in [5.41, 5.74) is 7.84. The number of amidine groups is 1. The molecule has 21 heavy (non-hydrogen) atoms. The Kier molecular flexibility index (Phi) is 3.82. The molecule has 1 aliphatic heterocycles. The van der Waals surface area contributed by atoms with E-state index in [0.717, 1.165) is 30.0 Å². The Morgan fingerprint density at radius 3 is 2.71 bits per heavy atom. The zero-order valence-corrected chi connectivity index (χ0v) is 12.6. The summed E-state index contributed by atoms with van der Waals surface area (Å²) in [5, 5.41) is 10.1. The van der Waals surface area contributed by atoms with Gasteiger partial charge >= 0.3 is 0 Å². The first-order chi connectivity index (χ1) is 10.2. The van der Waals surface area contributed by atoms with Gasteiger partial charge in [-0.05, 0) is 36.3 Å². The molecule has 0 bridgehead atoms. The third kappa shape index (κ3) is 2.60. The number of nitrogen functional groups attached to an aromatic ring is 1. The lowest BCUT2D eigenvalue weighted by molar-refractivity contribution is 0.405. The molecule has 0 aliphatic carbocycles. The van der Waals surface area contributed by atoms with Crippen molar-refractivity contribution in [3.05, 3.63) is 42.0 Å². The summed E-state index contributed by atoms with van der Waals surface area (Å²) in [6, 6.07) is 12.4. The maximum atomic E-state index is 7.76. The summed E-state index contributed by atoms with van der Waals surface area (Å²) >= 11 is 0. The van der Waals surface area contributed by atoms with Gasteiger partial charge in [-0.25, -0.2) is 0 Å². The van der Waals surface area contributed by atoms with Gasteiger partial charge in [0.2, 0.25) is 0 Å². The van der Waals surface area contributed by atoms with Gasteiger partial charge in [-0.2, -0.15) is 0 Å². The van der Waals surface area contributed by atoms with E-state index in [2.05, 4.69) is 36.1 Å². The molecule has 3 rings (SSSR count). The zero-order chi connectivity index (χ0) is 14.8. The highest BCUT2D eigenvalue weighted by Gasteiger charge is 2.20. The van der Waals surface area contributed by atoms with E-state index in [0.29, 0.717) is 0 Å². The molecule has 1 fully saturated rings. The van der Waals surface area contributed by atoms with Gasteiger partial charge in [0.15, 0.2) is 0 Å². The number of fused-ring (bicyclic) bond motifs is 1. The molecule has 0 radical (unpaired) electrons. The van der Waals surface area contributed by atoms with Crippen molar-refractivity contribution >= 4 is 22.3 Å². The average Bonchev–Trinajstić information content (AvgIpc) is 2.53. The average molecular weight is 281 g/mol. The van der Waals surface area contributed by atoms with Gasteiger partial charge in [-0.3, -0.25) is 5.41 Å². The summed E-state index contributed by atoms with van der Waals surface area (Å²) in [6.07, 6.45) is 3.86. The highest BCUT2D eigenvalue weighted by atomic mass is 15.1. The fraction of sp³-hybridized carbons (Fsp3) is 0.389. The summed E-state index contributed by atoms with van der Waals surface area (Å²) in [5.74, 6) is 0.938. The Morgan fingerprint density at radius 2 is 2.00 bits per heavy atom. The fourth-order valence-corrected chi connectivity index (χ4v) is 3.41. The van der Waals surface area contributed by atoms with Gasteiger partial charge in [0, 0.05) is 29.7 Å². The van der Waals surface area contributed by atoms with E-state index in [1.807, 2.05) is 12.1 Å². The van der Waals surface area contributed by atoms with Crippen LogP contribution in [0, 0.1) is 11.3 Å². The number of rotatable bonds is 3. The van der Waals surface area contributed by atoms with Crippen LogP contribution in [-0.4, -0.2) is 18.9 Å². The fourth-order valence-electron chi connectivity index (χ4n) is 3.41. The third-order valence-corrected chi connectivity index (χ3v) is 4.63. The molecule has 0 saturated carbocycles. The largest absolute Gasteiger partial charge is 0.384 e. The van der Waals surface area contributed by atoms with Crippen LogP contribution in [0.2, 0.25) is 0 Å². The maximum absolute atomic E-state index is 7.76. The molecule has 3 heteroatoms. The van der Waals surface area contributed by atoms with Crippen LogP contribution in [0.4, 0.5) is 5.69 Å². The number of nitrogens with two attached hydrogens (primary N) is 1. The molecular formula is C18H23N3. The van der Waals surface area contributed by atoms with Crippen molar-refractivity contribution in [2.75, 3.05) is 18.0 Å². The molecule has 3 N–H and O–H groups in total. The SMILES string of the molecule is CCC1CCCN(c2ccc(C(=N)N)c3ccccc23)C1. The Bertz CT molecular complexity index is 663. The molecule has 2 aromatic carbocycles. The van der Waals surface area contributed by atoms with Crippen molar-refractivity contribution in [2.45, 2.75) is 26.2 Å². The van der Waals surface area contributed by atoms with Crippen molar-refractivity contribution in [2.24, 2.45) is 11.7 Å². The first kappa shape index (κ1) is 13.9. The number of piperidine rings is 1. The zero-order valence-electron chi connectivity index (χ0n) is 12.6. The van der Waals surface area contributed by atoms with Crippen LogP contribution in [0.25, 0.3) is 10.8 Å². The van der Waals surface area contributed by atoms with Crippen LogP contribution in [-0.2, 0) is 0 Å². The molecule has 0 amide bonds. The highest BCUT2D eigenvalue weighted by Crippen LogP contribution is 2.32. The van der Waals surface area contributed by atoms with Crippen LogP contribution in [0.15, 0.2) is 36.4 Å².